The number of nitrogens with two attached hydrogens (primary N) is 1. The monoisotopic (exact) mass is 440 g/mol. The molecule has 0 radical (unpaired) electrons. The van der Waals surface area contributed by atoms with Gasteiger partial charge in [-0.25, -0.2) is 13.6 Å². The van der Waals surface area contributed by atoms with E-state index in [0.29, 0.717) is 32.6 Å². The van der Waals surface area contributed by atoms with Gasteiger partial charge in [0.25, 0.3) is 0 Å². The molecule has 1 aliphatic rings. The molecule has 1 aliphatic heterocycles. The minimum atomic E-state index is -3.75. The molecule has 0 spiro atoms. The summed E-state index contributed by atoms with van der Waals surface area (Å²) in [6.07, 6.45) is 2.38. The van der Waals surface area contributed by atoms with Crippen LogP contribution in [0.5, 0.6) is 0 Å². The lowest BCUT2D eigenvalue weighted by molar-refractivity contribution is -0.138. The van der Waals surface area contributed by atoms with Gasteiger partial charge in [0.05, 0.1) is 17.7 Å². The minimum absolute atomic E-state index is 0.0195. The van der Waals surface area contributed by atoms with Crippen LogP contribution in [-0.4, -0.2) is 61.2 Å². The molecule has 9 heteroatoms. The summed E-state index contributed by atoms with van der Waals surface area (Å²) in [5.41, 5.74) is 2.70. The summed E-state index contributed by atoms with van der Waals surface area (Å²) in [5, 5.41) is 6.15. The van der Waals surface area contributed by atoms with Crippen molar-refractivity contribution in [1.82, 2.24) is 14.8 Å². The highest BCUT2D eigenvalue weighted by molar-refractivity contribution is 7.89. The fourth-order valence-electron chi connectivity index (χ4n) is 3.84. The summed E-state index contributed by atoms with van der Waals surface area (Å²) in [6.45, 7) is 1.95. The Hall–Kier alpha value is -3.17. The van der Waals surface area contributed by atoms with Crippen LogP contribution in [0.3, 0.4) is 0 Å². The van der Waals surface area contributed by atoms with Gasteiger partial charge in [0.2, 0.25) is 21.8 Å². The molecule has 162 valence electrons. The van der Waals surface area contributed by atoms with E-state index in [2.05, 4.69) is 4.98 Å². The normalized spacial score (nSPS) is 14.7. The van der Waals surface area contributed by atoms with Gasteiger partial charge in [-0.3, -0.25) is 9.59 Å². The van der Waals surface area contributed by atoms with E-state index in [0.717, 1.165) is 22.0 Å². The molecule has 2 amide bonds. The molecule has 0 aliphatic carbocycles. The van der Waals surface area contributed by atoms with Crippen LogP contribution in [-0.2, 0) is 32.5 Å². The van der Waals surface area contributed by atoms with Gasteiger partial charge in [-0.15, -0.1) is 0 Å². The maximum absolute atomic E-state index is 12.7. The number of carbonyl (C=O) groups is 2. The number of sulfonamides is 1. The number of fused-ring (bicyclic) bond motifs is 1. The van der Waals surface area contributed by atoms with Gasteiger partial charge in [0.1, 0.15) is 0 Å². The first-order valence-electron chi connectivity index (χ1n) is 10.0. The highest BCUT2D eigenvalue weighted by Gasteiger charge is 2.24. The summed E-state index contributed by atoms with van der Waals surface area (Å²) in [6, 6.07) is 13.9. The molecule has 0 atom stereocenters. The highest BCUT2D eigenvalue weighted by Crippen LogP contribution is 2.19. The van der Waals surface area contributed by atoms with Crippen LogP contribution in [0, 0.1) is 0 Å². The predicted octanol–water partition coefficient (Wildman–Crippen LogP) is 1.27. The van der Waals surface area contributed by atoms with Crippen LogP contribution in [0.25, 0.3) is 10.9 Å². The molecule has 4 rings (SSSR count). The summed E-state index contributed by atoms with van der Waals surface area (Å²) in [5.74, 6) is 0.00233. The molecule has 31 heavy (non-hydrogen) atoms. The highest BCUT2D eigenvalue weighted by atomic mass is 32.2. The van der Waals surface area contributed by atoms with Gasteiger partial charge < -0.3 is 14.8 Å². The Kier molecular flexibility index (Phi) is 5.79. The SMILES string of the molecule is NS(=O)(=O)c1ccc(CC(=O)N2CCN(C(=O)Cc3c[nH]c4ccccc34)CC2)cc1. The number of piperazine rings is 1. The van der Waals surface area contributed by atoms with Gasteiger partial charge in [0.15, 0.2) is 0 Å². The molecule has 0 saturated carbocycles. The number of para-hydroxylation sites is 1. The van der Waals surface area contributed by atoms with Crippen molar-refractivity contribution in [3.05, 3.63) is 65.9 Å². The Morgan fingerprint density at radius 3 is 2.06 bits per heavy atom. The molecule has 2 aromatic carbocycles. The molecule has 3 aromatic rings. The molecule has 0 unspecified atom stereocenters. The molecule has 2 heterocycles. The van der Waals surface area contributed by atoms with Gasteiger partial charge in [0, 0.05) is 43.3 Å². The number of aromatic nitrogens is 1. The van der Waals surface area contributed by atoms with Gasteiger partial charge in [-0.2, -0.15) is 0 Å². The number of nitrogens with zero attached hydrogens (tertiary/aromatic N) is 2. The molecule has 1 saturated heterocycles. The summed E-state index contributed by atoms with van der Waals surface area (Å²) >= 11 is 0. The number of amides is 2. The Morgan fingerprint density at radius 2 is 1.45 bits per heavy atom. The first-order valence-corrected chi connectivity index (χ1v) is 11.6. The molecular formula is C22H24N4O4S. The fraction of sp³-hybridized carbons (Fsp3) is 0.273. The smallest absolute Gasteiger partial charge is 0.238 e. The van der Waals surface area contributed by atoms with E-state index in [1.807, 2.05) is 30.5 Å². The number of nitrogens with one attached hydrogen (secondary N) is 1. The number of rotatable bonds is 5. The second-order valence-electron chi connectivity index (χ2n) is 7.66. The third kappa shape index (κ3) is 4.78. The molecular weight excluding hydrogens is 416 g/mol. The van der Waals surface area contributed by atoms with Crippen LogP contribution in [0.1, 0.15) is 11.1 Å². The van der Waals surface area contributed by atoms with E-state index in [1.54, 1.807) is 21.9 Å². The van der Waals surface area contributed by atoms with E-state index < -0.39 is 10.0 Å². The largest absolute Gasteiger partial charge is 0.361 e. The number of hydrogen-bond donors (Lipinski definition) is 2. The van der Waals surface area contributed by atoms with Crippen molar-refractivity contribution in [2.75, 3.05) is 26.2 Å². The average molecular weight is 441 g/mol. The molecule has 0 bridgehead atoms. The number of aromatic amines is 1. The Morgan fingerprint density at radius 1 is 0.871 bits per heavy atom. The van der Waals surface area contributed by atoms with Crippen molar-refractivity contribution in [1.29, 1.82) is 0 Å². The van der Waals surface area contributed by atoms with E-state index in [9.17, 15) is 18.0 Å². The Balaban J connectivity index is 1.30. The molecule has 1 aromatic heterocycles. The zero-order valence-electron chi connectivity index (χ0n) is 17.0. The molecule has 3 N–H and O–H groups in total. The van der Waals surface area contributed by atoms with Gasteiger partial charge >= 0.3 is 0 Å². The number of carbonyl (C=O) groups excluding carboxylic acids is 2. The standard InChI is InChI=1S/C22H24N4O4S/c23-31(29,30)18-7-5-16(6-8-18)13-21(27)25-9-11-26(12-10-25)22(28)14-17-15-24-20-4-2-1-3-19(17)20/h1-8,15,24H,9-14H2,(H2,23,29,30). The summed E-state index contributed by atoms with van der Waals surface area (Å²) in [4.78, 5) is 32.1. The van der Waals surface area contributed by atoms with E-state index in [-0.39, 0.29) is 23.1 Å². The summed E-state index contributed by atoms with van der Waals surface area (Å²) < 4.78 is 22.7. The first-order chi connectivity index (χ1) is 14.8. The van der Waals surface area contributed by atoms with Gasteiger partial charge in [-0.05, 0) is 29.3 Å². The maximum atomic E-state index is 12.7. The Labute approximate surface area is 180 Å². The third-order valence-electron chi connectivity index (χ3n) is 5.61. The van der Waals surface area contributed by atoms with E-state index >= 15 is 0 Å². The van der Waals surface area contributed by atoms with E-state index in [1.165, 1.54) is 12.1 Å². The van der Waals surface area contributed by atoms with Gasteiger partial charge in [-0.1, -0.05) is 30.3 Å². The second kappa shape index (κ2) is 8.52. The number of H-pyrrole nitrogens is 1. The zero-order chi connectivity index (χ0) is 22.0. The third-order valence-corrected chi connectivity index (χ3v) is 6.54. The lowest BCUT2D eigenvalue weighted by Crippen LogP contribution is -2.51. The lowest BCUT2D eigenvalue weighted by Gasteiger charge is -2.35. The number of primary sulfonamides is 1. The van der Waals surface area contributed by atoms with E-state index in [4.69, 9.17) is 5.14 Å². The quantitative estimate of drug-likeness (QED) is 0.621. The second-order valence-corrected chi connectivity index (χ2v) is 9.23. The lowest BCUT2D eigenvalue weighted by atomic mass is 10.1. The number of hydrogen-bond acceptors (Lipinski definition) is 4. The van der Waals surface area contributed by atoms with Crippen LogP contribution in [0.15, 0.2) is 59.6 Å². The van der Waals surface area contributed by atoms with Crippen LogP contribution < -0.4 is 5.14 Å². The van der Waals surface area contributed by atoms with Crippen LogP contribution >= 0.6 is 0 Å². The number of benzene rings is 2. The summed E-state index contributed by atoms with van der Waals surface area (Å²) in [7, 11) is -3.75. The first kappa shape index (κ1) is 21.1. The van der Waals surface area contributed by atoms with Crippen molar-refractivity contribution in [3.8, 4) is 0 Å². The van der Waals surface area contributed by atoms with Crippen molar-refractivity contribution in [2.45, 2.75) is 17.7 Å². The topological polar surface area (TPSA) is 117 Å². The Bertz CT molecular complexity index is 1210. The molecule has 1 fully saturated rings. The van der Waals surface area contributed by atoms with Crippen LogP contribution in [0.2, 0.25) is 0 Å². The zero-order valence-corrected chi connectivity index (χ0v) is 17.8. The predicted molar refractivity (Wildman–Crippen MR) is 117 cm³/mol. The van der Waals surface area contributed by atoms with Crippen molar-refractivity contribution < 1.29 is 18.0 Å². The maximum Gasteiger partial charge on any atom is 0.238 e. The van der Waals surface area contributed by atoms with Crippen molar-refractivity contribution in [2.24, 2.45) is 5.14 Å². The van der Waals surface area contributed by atoms with Crippen molar-refractivity contribution >= 4 is 32.7 Å². The minimum Gasteiger partial charge on any atom is -0.361 e. The molecule has 8 nitrogen and oxygen atoms in total. The average Bonchev–Trinajstić information content (AvgIpc) is 3.16. The van der Waals surface area contributed by atoms with Crippen molar-refractivity contribution in [3.63, 3.8) is 0 Å². The van der Waals surface area contributed by atoms with Crippen LogP contribution in [0.4, 0.5) is 0 Å². The fourth-order valence-corrected chi connectivity index (χ4v) is 4.36.